The van der Waals surface area contributed by atoms with Crippen molar-refractivity contribution in [3.8, 4) is 17.2 Å². The Morgan fingerprint density at radius 3 is 2.13 bits per heavy atom. The van der Waals surface area contributed by atoms with Crippen molar-refractivity contribution in [1.29, 1.82) is 5.26 Å². The Hall–Kier alpha value is -2.94. The Morgan fingerprint density at radius 2 is 1.61 bits per heavy atom. The zero-order valence-electron chi connectivity index (χ0n) is 13.6. The van der Waals surface area contributed by atoms with E-state index in [-0.39, 0.29) is 16.9 Å². The molecule has 5 nitrogen and oxygen atoms in total. The van der Waals surface area contributed by atoms with Gasteiger partial charge in [0.1, 0.15) is 17.6 Å². The van der Waals surface area contributed by atoms with Crippen LogP contribution >= 0.6 is 0 Å². The van der Waals surface area contributed by atoms with Gasteiger partial charge in [0.05, 0.1) is 10.5 Å². The fraction of sp³-hybridized carbons (Fsp3) is 0.235. The smallest absolute Gasteiger partial charge is 0.292 e. The van der Waals surface area contributed by atoms with Gasteiger partial charge in [-0.1, -0.05) is 39.8 Å². The second kappa shape index (κ2) is 9.90. The molecule has 0 aliphatic rings. The number of nitrogen functional groups attached to an aromatic ring is 1. The van der Waals surface area contributed by atoms with Crippen molar-refractivity contribution in [2.75, 3.05) is 5.73 Å². The highest BCUT2D eigenvalue weighted by atomic mass is 19.1. The molecular weight excluding hydrogens is 297 g/mol. The second-order valence-corrected chi connectivity index (χ2v) is 3.84. The zero-order valence-corrected chi connectivity index (χ0v) is 13.6. The van der Waals surface area contributed by atoms with Crippen molar-refractivity contribution in [2.45, 2.75) is 27.7 Å². The molecule has 0 radical (unpaired) electrons. The number of nitriles is 1. The van der Waals surface area contributed by atoms with Gasteiger partial charge in [0.2, 0.25) is 0 Å². The first-order valence-electron chi connectivity index (χ1n) is 7.27. The van der Waals surface area contributed by atoms with E-state index >= 15 is 0 Å². The second-order valence-electron chi connectivity index (χ2n) is 3.84. The molecular formula is C17H20FN3O2. The average molecular weight is 317 g/mol. The molecule has 6 heteroatoms. The fourth-order valence-electron chi connectivity index (χ4n) is 1.67. The number of halogens is 1. The van der Waals surface area contributed by atoms with E-state index < -0.39 is 10.7 Å². The first-order valence-corrected chi connectivity index (χ1v) is 7.27. The van der Waals surface area contributed by atoms with E-state index in [9.17, 15) is 14.5 Å². The summed E-state index contributed by atoms with van der Waals surface area (Å²) in [6.07, 6.45) is 0. The van der Waals surface area contributed by atoms with Crippen LogP contribution in [0, 0.1) is 27.3 Å². The molecule has 0 saturated heterocycles. The van der Waals surface area contributed by atoms with E-state index in [1.54, 1.807) is 12.1 Å². The molecule has 2 aromatic rings. The van der Waals surface area contributed by atoms with E-state index in [2.05, 4.69) is 0 Å². The number of nitro groups is 1. The van der Waals surface area contributed by atoms with Crippen LogP contribution in [0.4, 0.5) is 15.8 Å². The summed E-state index contributed by atoms with van der Waals surface area (Å²) in [6, 6.07) is 9.94. The maximum atomic E-state index is 13.2. The number of nitrogens with two attached hydrogens (primary N) is 1. The molecule has 0 spiro atoms. The summed E-state index contributed by atoms with van der Waals surface area (Å²) in [6.45, 7) is 8.00. The highest BCUT2D eigenvalue weighted by Crippen LogP contribution is 2.29. The van der Waals surface area contributed by atoms with Gasteiger partial charge in [0.25, 0.3) is 5.69 Å². The monoisotopic (exact) mass is 317 g/mol. The van der Waals surface area contributed by atoms with Crippen LogP contribution in [-0.4, -0.2) is 4.92 Å². The summed E-state index contributed by atoms with van der Waals surface area (Å²) in [4.78, 5) is 10.2. The third kappa shape index (κ3) is 5.08. The molecule has 0 aliphatic heterocycles. The summed E-state index contributed by atoms with van der Waals surface area (Å²) in [5.74, 6) is -0.629. The predicted molar refractivity (Wildman–Crippen MR) is 90.3 cm³/mol. The van der Waals surface area contributed by atoms with Crippen LogP contribution in [0.3, 0.4) is 0 Å². The zero-order chi connectivity index (χ0) is 18.0. The van der Waals surface area contributed by atoms with Crippen molar-refractivity contribution >= 4 is 11.4 Å². The van der Waals surface area contributed by atoms with Crippen LogP contribution < -0.4 is 5.73 Å². The molecule has 0 unspecified atom stereocenters. The predicted octanol–water partition coefficient (Wildman–Crippen LogP) is 4.91. The first kappa shape index (κ1) is 20.1. The lowest BCUT2D eigenvalue weighted by Gasteiger charge is -2.04. The summed E-state index contributed by atoms with van der Waals surface area (Å²) in [5.41, 5.74) is 6.22. The van der Waals surface area contributed by atoms with E-state index in [0.29, 0.717) is 11.1 Å². The summed E-state index contributed by atoms with van der Waals surface area (Å²) in [5, 5.41) is 19.6. The Balaban J connectivity index is 0.00000112. The lowest BCUT2D eigenvalue weighted by molar-refractivity contribution is -0.383. The highest BCUT2D eigenvalue weighted by Gasteiger charge is 2.13. The molecule has 0 bridgehead atoms. The minimum atomic E-state index is -0.629. The number of rotatable bonds is 2. The molecule has 2 rings (SSSR count). The molecule has 0 aliphatic carbocycles. The molecule has 0 amide bonds. The molecule has 2 aromatic carbocycles. The van der Waals surface area contributed by atoms with Crippen LogP contribution in [0.1, 0.15) is 33.3 Å². The van der Waals surface area contributed by atoms with Crippen LogP contribution in [0.25, 0.3) is 11.1 Å². The van der Waals surface area contributed by atoms with E-state index in [4.69, 9.17) is 11.0 Å². The van der Waals surface area contributed by atoms with Gasteiger partial charge in [-0.3, -0.25) is 10.1 Å². The Bertz CT molecular complexity index is 709. The van der Waals surface area contributed by atoms with Gasteiger partial charge in [-0.2, -0.15) is 5.26 Å². The average Bonchev–Trinajstić information content (AvgIpc) is 2.59. The highest BCUT2D eigenvalue weighted by molar-refractivity contribution is 5.73. The summed E-state index contributed by atoms with van der Waals surface area (Å²) in [7, 11) is 0. The third-order valence-electron chi connectivity index (χ3n) is 2.65. The number of nitro benzene ring substituents is 1. The van der Waals surface area contributed by atoms with Crippen molar-refractivity contribution in [1.82, 2.24) is 0 Å². The standard InChI is InChI=1S/C13H8FN3O2.2C2H6/c14-11-3-1-8(5-10(11)7-15)9-2-4-12(16)13(6-9)17(18)19;2*1-2/h1-6H,16H2;2*1-2H3. The van der Waals surface area contributed by atoms with E-state index in [0.717, 1.165) is 6.07 Å². The number of hydrogen-bond donors (Lipinski definition) is 1. The fourth-order valence-corrected chi connectivity index (χ4v) is 1.67. The Morgan fingerprint density at radius 1 is 1.09 bits per heavy atom. The lowest BCUT2D eigenvalue weighted by atomic mass is 10.0. The number of hydrogen-bond acceptors (Lipinski definition) is 4. The SMILES string of the molecule is CC.CC.N#Cc1cc(-c2ccc(N)c([N+](=O)[O-])c2)ccc1F. The molecule has 23 heavy (non-hydrogen) atoms. The maximum absolute atomic E-state index is 13.2. The van der Waals surface area contributed by atoms with Crippen LogP contribution in [0.15, 0.2) is 36.4 Å². The van der Waals surface area contributed by atoms with Gasteiger partial charge >= 0.3 is 0 Å². The third-order valence-corrected chi connectivity index (χ3v) is 2.65. The maximum Gasteiger partial charge on any atom is 0.292 e. The van der Waals surface area contributed by atoms with Gasteiger partial charge in [-0.05, 0) is 29.3 Å². The number of benzene rings is 2. The summed E-state index contributed by atoms with van der Waals surface area (Å²) < 4.78 is 13.2. The van der Waals surface area contributed by atoms with Gasteiger partial charge in [0, 0.05) is 6.07 Å². The van der Waals surface area contributed by atoms with Crippen molar-refractivity contribution in [2.24, 2.45) is 0 Å². The Labute approximate surface area is 135 Å². The largest absolute Gasteiger partial charge is 0.393 e. The minimum absolute atomic E-state index is 0.0522. The van der Waals surface area contributed by atoms with Crippen LogP contribution in [0.2, 0.25) is 0 Å². The number of nitrogens with zero attached hydrogens (tertiary/aromatic N) is 2. The van der Waals surface area contributed by atoms with Crippen molar-refractivity contribution < 1.29 is 9.31 Å². The number of anilines is 1. The molecule has 0 heterocycles. The van der Waals surface area contributed by atoms with Gasteiger partial charge < -0.3 is 5.73 Å². The van der Waals surface area contributed by atoms with Gasteiger partial charge in [-0.25, -0.2) is 4.39 Å². The van der Waals surface area contributed by atoms with Gasteiger partial charge in [-0.15, -0.1) is 0 Å². The molecule has 0 atom stereocenters. The Kier molecular flexibility index (Phi) is 8.63. The van der Waals surface area contributed by atoms with Crippen LogP contribution in [0.5, 0.6) is 0 Å². The first-order chi connectivity index (χ1) is 11.0. The normalized spacial score (nSPS) is 8.70. The minimum Gasteiger partial charge on any atom is -0.393 e. The van der Waals surface area contributed by atoms with Crippen molar-refractivity contribution in [3.05, 3.63) is 57.9 Å². The topological polar surface area (TPSA) is 93.0 Å². The lowest BCUT2D eigenvalue weighted by Crippen LogP contribution is -1.96. The quantitative estimate of drug-likeness (QED) is 0.484. The molecule has 122 valence electrons. The van der Waals surface area contributed by atoms with Crippen molar-refractivity contribution in [3.63, 3.8) is 0 Å². The molecule has 2 N–H and O–H groups in total. The van der Waals surface area contributed by atoms with Crippen LogP contribution in [-0.2, 0) is 0 Å². The van der Waals surface area contributed by atoms with E-state index in [1.165, 1.54) is 24.3 Å². The molecule has 0 saturated carbocycles. The van der Waals surface area contributed by atoms with E-state index in [1.807, 2.05) is 27.7 Å². The molecule has 0 fully saturated rings. The molecule has 0 aromatic heterocycles. The van der Waals surface area contributed by atoms with Gasteiger partial charge in [0.15, 0.2) is 0 Å². The summed E-state index contributed by atoms with van der Waals surface area (Å²) >= 11 is 0.